The molecule has 0 unspecified atom stereocenters. The Balaban J connectivity index is 2.29. The van der Waals surface area contributed by atoms with Crippen molar-refractivity contribution in [1.82, 2.24) is 9.59 Å². The van der Waals surface area contributed by atoms with Crippen LogP contribution in [0.25, 0.3) is 0 Å². The molecule has 0 saturated heterocycles. The molecule has 8 heteroatoms. The van der Waals surface area contributed by atoms with Gasteiger partial charge in [0.15, 0.2) is 0 Å². The number of hydrogen-bond donors (Lipinski definition) is 2. The molecule has 0 bridgehead atoms. The van der Waals surface area contributed by atoms with E-state index in [2.05, 4.69) is 30.8 Å². The summed E-state index contributed by atoms with van der Waals surface area (Å²) in [5.41, 5.74) is 1.12. The lowest BCUT2D eigenvalue weighted by Crippen LogP contribution is -2.14. The van der Waals surface area contributed by atoms with Gasteiger partial charge in [0.05, 0.1) is 16.9 Å². The Hall–Kier alpha value is -1.80. The van der Waals surface area contributed by atoms with Crippen molar-refractivity contribution in [3.63, 3.8) is 0 Å². The van der Waals surface area contributed by atoms with Gasteiger partial charge in [-0.1, -0.05) is 18.3 Å². The number of carboxylic acid groups (broad SMARTS) is 1. The van der Waals surface area contributed by atoms with Gasteiger partial charge in [0.1, 0.15) is 4.88 Å². The zero-order valence-corrected chi connectivity index (χ0v) is 13.7. The number of halogens is 1. The van der Waals surface area contributed by atoms with E-state index in [1.807, 2.05) is 13.8 Å². The third-order valence-corrected chi connectivity index (χ3v) is 4.16. The van der Waals surface area contributed by atoms with Crippen molar-refractivity contribution in [2.24, 2.45) is 0 Å². The summed E-state index contributed by atoms with van der Waals surface area (Å²) in [4.78, 5) is 23.7. The number of anilines is 1. The second kappa shape index (κ2) is 6.31. The van der Waals surface area contributed by atoms with E-state index in [1.165, 1.54) is 12.1 Å². The molecule has 0 aliphatic carbocycles. The standard InChI is InChI=1S/C13H12BrN3O3S/c1-6(2)10-11(21-17-16-10)12(18)15-9-5-7(13(19)20)3-4-8(9)14/h3-6H,1-2H3,(H,15,18)(H,19,20). The minimum Gasteiger partial charge on any atom is -0.478 e. The molecular weight excluding hydrogens is 358 g/mol. The fourth-order valence-electron chi connectivity index (χ4n) is 1.67. The first kappa shape index (κ1) is 15.6. The normalized spacial score (nSPS) is 10.7. The van der Waals surface area contributed by atoms with Crippen molar-refractivity contribution in [3.05, 3.63) is 38.8 Å². The van der Waals surface area contributed by atoms with Crippen molar-refractivity contribution in [2.75, 3.05) is 5.32 Å². The van der Waals surface area contributed by atoms with E-state index in [4.69, 9.17) is 5.11 Å². The molecule has 0 aliphatic heterocycles. The summed E-state index contributed by atoms with van der Waals surface area (Å²) in [5, 5.41) is 15.6. The number of amides is 1. The molecule has 21 heavy (non-hydrogen) atoms. The minimum absolute atomic E-state index is 0.0818. The van der Waals surface area contributed by atoms with E-state index in [0.717, 1.165) is 11.5 Å². The van der Waals surface area contributed by atoms with E-state index >= 15 is 0 Å². The fraction of sp³-hybridized carbons (Fsp3) is 0.231. The Labute approximate surface area is 133 Å². The zero-order chi connectivity index (χ0) is 15.6. The third kappa shape index (κ3) is 3.45. The predicted molar refractivity (Wildman–Crippen MR) is 83.1 cm³/mol. The molecule has 0 spiro atoms. The molecule has 0 saturated carbocycles. The molecule has 1 aromatic heterocycles. The number of aromatic carboxylic acids is 1. The zero-order valence-electron chi connectivity index (χ0n) is 11.3. The monoisotopic (exact) mass is 369 g/mol. The van der Waals surface area contributed by atoms with Crippen LogP contribution in [0.3, 0.4) is 0 Å². The SMILES string of the molecule is CC(C)c1nnsc1C(=O)Nc1cc(C(=O)O)ccc1Br. The van der Waals surface area contributed by atoms with E-state index in [-0.39, 0.29) is 17.4 Å². The molecule has 0 aliphatic rings. The second-order valence-electron chi connectivity index (χ2n) is 4.60. The average Bonchev–Trinajstić information content (AvgIpc) is 2.90. The first-order valence-electron chi connectivity index (χ1n) is 6.06. The Morgan fingerprint density at radius 1 is 1.38 bits per heavy atom. The summed E-state index contributed by atoms with van der Waals surface area (Å²) in [7, 11) is 0. The van der Waals surface area contributed by atoms with Crippen LogP contribution in [0.2, 0.25) is 0 Å². The van der Waals surface area contributed by atoms with Crippen molar-refractivity contribution >= 4 is 45.0 Å². The molecule has 0 fully saturated rings. The summed E-state index contributed by atoms with van der Waals surface area (Å²) >= 11 is 4.30. The molecule has 2 aromatic rings. The summed E-state index contributed by atoms with van der Waals surface area (Å²) in [5.74, 6) is -1.32. The van der Waals surface area contributed by atoms with Crippen LogP contribution in [0.4, 0.5) is 5.69 Å². The molecule has 0 atom stereocenters. The van der Waals surface area contributed by atoms with Crippen LogP contribution in [0.1, 0.15) is 45.5 Å². The first-order chi connectivity index (χ1) is 9.90. The maximum atomic E-state index is 12.3. The van der Waals surface area contributed by atoms with Crippen LogP contribution in [0, 0.1) is 0 Å². The lowest BCUT2D eigenvalue weighted by molar-refractivity contribution is 0.0696. The number of carbonyl (C=O) groups is 2. The van der Waals surface area contributed by atoms with Crippen LogP contribution in [-0.4, -0.2) is 26.6 Å². The number of benzene rings is 1. The minimum atomic E-state index is -1.06. The number of rotatable bonds is 4. The number of nitrogens with zero attached hydrogens (tertiary/aromatic N) is 2. The van der Waals surface area contributed by atoms with Crippen LogP contribution in [0.15, 0.2) is 22.7 Å². The van der Waals surface area contributed by atoms with E-state index in [0.29, 0.717) is 20.7 Å². The van der Waals surface area contributed by atoms with Gasteiger partial charge in [-0.25, -0.2) is 4.79 Å². The lowest BCUT2D eigenvalue weighted by atomic mass is 10.1. The Morgan fingerprint density at radius 3 is 2.71 bits per heavy atom. The molecule has 0 radical (unpaired) electrons. The molecule has 1 aromatic carbocycles. The third-order valence-electron chi connectivity index (χ3n) is 2.73. The van der Waals surface area contributed by atoms with Gasteiger partial charge >= 0.3 is 5.97 Å². The van der Waals surface area contributed by atoms with E-state index < -0.39 is 5.97 Å². The molecule has 1 heterocycles. The van der Waals surface area contributed by atoms with Crippen molar-refractivity contribution in [2.45, 2.75) is 19.8 Å². The van der Waals surface area contributed by atoms with Gasteiger partial charge in [0.25, 0.3) is 5.91 Å². The van der Waals surface area contributed by atoms with Gasteiger partial charge in [0, 0.05) is 4.47 Å². The van der Waals surface area contributed by atoms with E-state index in [9.17, 15) is 9.59 Å². The van der Waals surface area contributed by atoms with Crippen molar-refractivity contribution in [3.8, 4) is 0 Å². The van der Waals surface area contributed by atoms with Gasteiger partial charge in [0.2, 0.25) is 0 Å². The van der Waals surface area contributed by atoms with Crippen LogP contribution < -0.4 is 5.32 Å². The van der Waals surface area contributed by atoms with Gasteiger partial charge in [-0.05, 0) is 51.6 Å². The predicted octanol–water partition coefficient (Wildman–Crippen LogP) is 3.37. The van der Waals surface area contributed by atoms with Crippen LogP contribution in [0.5, 0.6) is 0 Å². The highest BCUT2D eigenvalue weighted by Gasteiger charge is 2.19. The maximum Gasteiger partial charge on any atom is 0.335 e. The number of carbonyl (C=O) groups excluding carboxylic acids is 1. The molecule has 110 valence electrons. The molecular formula is C13H12BrN3O3S. The lowest BCUT2D eigenvalue weighted by Gasteiger charge is -2.08. The number of nitrogens with one attached hydrogen (secondary N) is 1. The number of hydrogen-bond acceptors (Lipinski definition) is 5. The Kier molecular flexibility index (Phi) is 4.69. The maximum absolute atomic E-state index is 12.3. The highest BCUT2D eigenvalue weighted by molar-refractivity contribution is 9.10. The molecule has 2 rings (SSSR count). The average molecular weight is 370 g/mol. The second-order valence-corrected chi connectivity index (χ2v) is 6.20. The van der Waals surface area contributed by atoms with Gasteiger partial charge < -0.3 is 10.4 Å². The first-order valence-corrected chi connectivity index (χ1v) is 7.63. The van der Waals surface area contributed by atoms with Gasteiger partial charge in [-0.15, -0.1) is 5.10 Å². The number of carboxylic acids is 1. The highest BCUT2D eigenvalue weighted by Crippen LogP contribution is 2.26. The summed E-state index contributed by atoms with van der Waals surface area (Å²) < 4.78 is 4.40. The van der Waals surface area contributed by atoms with Crippen molar-refractivity contribution in [1.29, 1.82) is 0 Å². The van der Waals surface area contributed by atoms with Crippen LogP contribution >= 0.6 is 27.5 Å². The summed E-state index contributed by atoms with van der Waals surface area (Å²) in [6, 6.07) is 4.43. The molecule has 2 N–H and O–H groups in total. The number of aromatic nitrogens is 2. The summed E-state index contributed by atoms with van der Waals surface area (Å²) in [6.07, 6.45) is 0. The topological polar surface area (TPSA) is 92.2 Å². The quantitative estimate of drug-likeness (QED) is 0.861. The summed E-state index contributed by atoms with van der Waals surface area (Å²) in [6.45, 7) is 3.85. The van der Waals surface area contributed by atoms with Crippen LogP contribution in [-0.2, 0) is 0 Å². The molecule has 1 amide bonds. The highest BCUT2D eigenvalue weighted by atomic mass is 79.9. The Morgan fingerprint density at radius 2 is 2.10 bits per heavy atom. The smallest absolute Gasteiger partial charge is 0.335 e. The fourth-order valence-corrected chi connectivity index (χ4v) is 2.73. The van der Waals surface area contributed by atoms with E-state index in [1.54, 1.807) is 6.07 Å². The van der Waals surface area contributed by atoms with Gasteiger partial charge in [-0.2, -0.15) is 0 Å². The molecule has 6 nitrogen and oxygen atoms in total. The Bertz CT molecular complexity index is 700. The largest absolute Gasteiger partial charge is 0.478 e. The van der Waals surface area contributed by atoms with Crippen molar-refractivity contribution < 1.29 is 14.7 Å². The van der Waals surface area contributed by atoms with Gasteiger partial charge in [-0.3, -0.25) is 4.79 Å².